The van der Waals surface area contributed by atoms with Crippen molar-refractivity contribution in [3.05, 3.63) is 54.2 Å². The number of furan rings is 1. The molecular weight excluding hydrogens is 359 g/mol. The summed E-state index contributed by atoms with van der Waals surface area (Å²) in [6, 6.07) is 10.9. The molecule has 0 radical (unpaired) electrons. The molecule has 1 aliphatic rings. The molecule has 0 aliphatic carbocycles. The van der Waals surface area contributed by atoms with Crippen molar-refractivity contribution in [1.29, 1.82) is 0 Å². The number of guanidine groups is 1. The van der Waals surface area contributed by atoms with Crippen LogP contribution in [0.3, 0.4) is 0 Å². The number of benzene rings is 1. The summed E-state index contributed by atoms with van der Waals surface area (Å²) in [5.74, 6) is 1.52. The van der Waals surface area contributed by atoms with Crippen LogP contribution in [0.4, 0.5) is 10.1 Å². The molecule has 2 aromatic rings. The van der Waals surface area contributed by atoms with E-state index in [0.29, 0.717) is 13.2 Å². The predicted molar refractivity (Wildman–Crippen MR) is 109 cm³/mol. The highest BCUT2D eigenvalue weighted by Crippen LogP contribution is 2.20. The van der Waals surface area contributed by atoms with Crippen molar-refractivity contribution in [1.82, 2.24) is 10.6 Å². The Bertz CT molecular complexity index is 736. The van der Waals surface area contributed by atoms with Gasteiger partial charge in [0.2, 0.25) is 0 Å². The van der Waals surface area contributed by atoms with E-state index in [1.807, 2.05) is 18.2 Å². The van der Waals surface area contributed by atoms with Gasteiger partial charge in [0.05, 0.1) is 19.4 Å². The molecular formula is C21H29FN4O2. The average molecular weight is 388 g/mol. The maximum atomic E-state index is 13.6. The zero-order valence-corrected chi connectivity index (χ0v) is 16.4. The van der Waals surface area contributed by atoms with E-state index in [-0.39, 0.29) is 11.9 Å². The molecule has 1 aromatic heterocycles. The Morgan fingerprint density at radius 1 is 1.36 bits per heavy atom. The minimum Gasteiger partial charge on any atom is -0.469 e. The van der Waals surface area contributed by atoms with E-state index in [1.54, 1.807) is 25.5 Å². The highest BCUT2D eigenvalue weighted by Gasteiger charge is 2.21. The Labute approximate surface area is 165 Å². The highest BCUT2D eigenvalue weighted by atomic mass is 19.1. The van der Waals surface area contributed by atoms with Gasteiger partial charge in [-0.1, -0.05) is 6.07 Å². The summed E-state index contributed by atoms with van der Waals surface area (Å²) in [6.45, 7) is 3.64. The maximum Gasteiger partial charge on any atom is 0.191 e. The second-order valence-corrected chi connectivity index (χ2v) is 6.89. The second kappa shape index (κ2) is 10.7. The van der Waals surface area contributed by atoms with Gasteiger partial charge in [-0.2, -0.15) is 0 Å². The number of methoxy groups -OCH3 is 1. The van der Waals surface area contributed by atoms with Crippen LogP contribution in [0.5, 0.6) is 0 Å². The Kier molecular flexibility index (Phi) is 7.72. The predicted octanol–water partition coefficient (Wildman–Crippen LogP) is 2.81. The number of piperidine rings is 1. The standard InChI is InChI=1S/C21H29FN4O2/c1-27-14-11-24-21(23-10-9-20-8-4-13-28-20)25-18-6-3-12-26(16-18)19-7-2-5-17(22)15-19/h2,4-5,7-8,13,15,18H,3,6,9-12,14,16H2,1H3,(H2,23,24,25). The van der Waals surface area contributed by atoms with Crippen LogP contribution in [-0.2, 0) is 11.2 Å². The molecule has 0 amide bonds. The van der Waals surface area contributed by atoms with Crippen molar-refractivity contribution in [2.45, 2.75) is 25.3 Å². The van der Waals surface area contributed by atoms with E-state index in [0.717, 1.165) is 56.3 Å². The van der Waals surface area contributed by atoms with Gasteiger partial charge in [0.1, 0.15) is 11.6 Å². The van der Waals surface area contributed by atoms with Gasteiger partial charge >= 0.3 is 0 Å². The molecule has 1 aliphatic heterocycles. The lowest BCUT2D eigenvalue weighted by Gasteiger charge is -2.35. The van der Waals surface area contributed by atoms with Crippen molar-refractivity contribution in [3.63, 3.8) is 0 Å². The smallest absolute Gasteiger partial charge is 0.191 e. The van der Waals surface area contributed by atoms with Crippen LogP contribution in [0.2, 0.25) is 0 Å². The van der Waals surface area contributed by atoms with Crippen LogP contribution in [0.25, 0.3) is 0 Å². The topological polar surface area (TPSA) is 62.0 Å². The number of rotatable bonds is 8. The summed E-state index contributed by atoms with van der Waals surface area (Å²) in [7, 11) is 1.67. The summed E-state index contributed by atoms with van der Waals surface area (Å²) in [6.07, 6.45) is 4.57. The van der Waals surface area contributed by atoms with E-state index >= 15 is 0 Å². The van der Waals surface area contributed by atoms with E-state index in [2.05, 4.69) is 20.5 Å². The first-order valence-corrected chi connectivity index (χ1v) is 9.81. The molecule has 28 heavy (non-hydrogen) atoms. The Morgan fingerprint density at radius 2 is 2.29 bits per heavy atom. The molecule has 6 nitrogen and oxygen atoms in total. The normalized spacial score (nSPS) is 17.6. The first kappa shape index (κ1) is 20.2. The maximum absolute atomic E-state index is 13.6. The lowest BCUT2D eigenvalue weighted by molar-refractivity contribution is 0.207. The van der Waals surface area contributed by atoms with Gasteiger partial charge in [-0.05, 0) is 43.2 Å². The van der Waals surface area contributed by atoms with Gasteiger partial charge in [-0.15, -0.1) is 0 Å². The molecule has 1 unspecified atom stereocenters. The Balaban J connectivity index is 1.56. The van der Waals surface area contributed by atoms with Crippen molar-refractivity contribution in [2.75, 3.05) is 44.8 Å². The van der Waals surface area contributed by atoms with E-state index < -0.39 is 0 Å². The Hall–Kier alpha value is -2.54. The van der Waals surface area contributed by atoms with Gasteiger partial charge in [0, 0.05) is 44.9 Å². The van der Waals surface area contributed by atoms with Gasteiger partial charge in [0.25, 0.3) is 0 Å². The highest BCUT2D eigenvalue weighted by molar-refractivity contribution is 5.80. The number of hydrogen-bond acceptors (Lipinski definition) is 4. The first-order chi connectivity index (χ1) is 13.7. The fraction of sp³-hybridized carbons (Fsp3) is 0.476. The molecule has 0 bridgehead atoms. The number of hydrogen-bond donors (Lipinski definition) is 2. The number of ether oxygens (including phenoxy) is 1. The number of halogens is 1. The molecule has 2 N–H and O–H groups in total. The zero-order valence-electron chi connectivity index (χ0n) is 16.4. The molecule has 0 spiro atoms. The lowest BCUT2D eigenvalue weighted by Crippen LogP contribution is -2.51. The lowest BCUT2D eigenvalue weighted by atomic mass is 10.0. The summed E-state index contributed by atoms with van der Waals surface area (Å²) in [5, 5.41) is 6.90. The summed E-state index contributed by atoms with van der Waals surface area (Å²) < 4.78 is 24.1. The molecule has 2 heterocycles. The third-order valence-corrected chi connectivity index (χ3v) is 4.74. The third kappa shape index (κ3) is 6.27. The number of nitrogens with one attached hydrogen (secondary N) is 2. The van der Waals surface area contributed by atoms with E-state index in [9.17, 15) is 4.39 Å². The van der Waals surface area contributed by atoms with Gasteiger partial charge in [-0.25, -0.2) is 4.39 Å². The van der Waals surface area contributed by atoms with Crippen LogP contribution in [0.1, 0.15) is 18.6 Å². The van der Waals surface area contributed by atoms with Gasteiger partial charge in [0.15, 0.2) is 5.96 Å². The van der Waals surface area contributed by atoms with Crippen molar-refractivity contribution >= 4 is 11.6 Å². The first-order valence-electron chi connectivity index (χ1n) is 9.81. The zero-order chi connectivity index (χ0) is 19.6. The second-order valence-electron chi connectivity index (χ2n) is 6.89. The minimum absolute atomic E-state index is 0.200. The Morgan fingerprint density at radius 3 is 3.07 bits per heavy atom. The van der Waals surface area contributed by atoms with Crippen LogP contribution < -0.4 is 15.5 Å². The molecule has 1 aromatic carbocycles. The number of anilines is 1. The SMILES string of the molecule is COCCN=C(NCCc1ccco1)NC1CCCN(c2cccc(F)c2)C1. The molecule has 3 rings (SSSR count). The van der Waals surface area contributed by atoms with Crippen molar-refractivity contribution < 1.29 is 13.5 Å². The molecule has 1 atom stereocenters. The van der Waals surface area contributed by atoms with Gasteiger partial charge in [-0.3, -0.25) is 4.99 Å². The quantitative estimate of drug-likeness (QED) is 0.414. The van der Waals surface area contributed by atoms with Crippen LogP contribution in [0.15, 0.2) is 52.1 Å². The fourth-order valence-corrected chi connectivity index (χ4v) is 3.36. The van der Waals surface area contributed by atoms with Crippen LogP contribution >= 0.6 is 0 Å². The van der Waals surface area contributed by atoms with Crippen molar-refractivity contribution in [2.24, 2.45) is 4.99 Å². The van der Waals surface area contributed by atoms with E-state index in [4.69, 9.17) is 9.15 Å². The van der Waals surface area contributed by atoms with Crippen molar-refractivity contribution in [3.8, 4) is 0 Å². The summed E-state index contributed by atoms with van der Waals surface area (Å²) in [4.78, 5) is 6.82. The summed E-state index contributed by atoms with van der Waals surface area (Å²) in [5.41, 5.74) is 0.926. The fourth-order valence-electron chi connectivity index (χ4n) is 3.36. The largest absolute Gasteiger partial charge is 0.469 e. The van der Waals surface area contributed by atoms with E-state index in [1.165, 1.54) is 6.07 Å². The third-order valence-electron chi connectivity index (χ3n) is 4.74. The number of aliphatic imine (C=N–C) groups is 1. The molecule has 7 heteroatoms. The summed E-state index contributed by atoms with van der Waals surface area (Å²) >= 11 is 0. The monoisotopic (exact) mass is 388 g/mol. The minimum atomic E-state index is -0.200. The molecule has 0 saturated carbocycles. The molecule has 1 fully saturated rings. The molecule has 152 valence electrons. The number of nitrogens with zero attached hydrogens (tertiary/aromatic N) is 2. The molecule has 1 saturated heterocycles. The van der Waals surface area contributed by atoms with Crippen LogP contribution in [0, 0.1) is 5.82 Å². The van der Waals surface area contributed by atoms with Crippen LogP contribution in [-0.4, -0.2) is 51.9 Å². The average Bonchev–Trinajstić information content (AvgIpc) is 3.22. The van der Waals surface area contributed by atoms with Gasteiger partial charge < -0.3 is 24.7 Å².